The van der Waals surface area contributed by atoms with Crippen molar-refractivity contribution in [3.05, 3.63) is 55.6 Å². The number of amides is 1. The lowest BCUT2D eigenvalue weighted by molar-refractivity contribution is 0.0785. The monoisotopic (exact) mass is 343 g/mol. The molecule has 0 saturated heterocycles. The molecule has 0 unspecified atom stereocenters. The molecule has 2 rings (SSSR count). The van der Waals surface area contributed by atoms with Crippen LogP contribution in [-0.4, -0.2) is 17.9 Å². The van der Waals surface area contributed by atoms with Gasteiger partial charge in [0.05, 0.1) is 14.4 Å². The number of thiophene rings is 1. The van der Waals surface area contributed by atoms with Crippen molar-refractivity contribution in [2.45, 2.75) is 6.54 Å². The molecule has 2 aromatic rings. The van der Waals surface area contributed by atoms with Crippen LogP contribution in [0.5, 0.6) is 0 Å². The van der Waals surface area contributed by atoms with Gasteiger partial charge in [0.2, 0.25) is 0 Å². The first-order chi connectivity index (χ1) is 8.58. The molecular weight excluding hydrogens is 334 g/mol. The molecule has 0 N–H and O–H groups in total. The van der Waals surface area contributed by atoms with Gasteiger partial charge < -0.3 is 4.90 Å². The molecular formula is C13H11BrClNOS. The zero-order chi connectivity index (χ0) is 13.1. The van der Waals surface area contributed by atoms with Gasteiger partial charge in [0, 0.05) is 13.6 Å². The van der Waals surface area contributed by atoms with Gasteiger partial charge in [0.15, 0.2) is 0 Å². The fourth-order valence-electron chi connectivity index (χ4n) is 1.61. The molecule has 1 aromatic heterocycles. The second-order valence-electron chi connectivity index (χ2n) is 3.90. The number of benzene rings is 1. The van der Waals surface area contributed by atoms with Crippen LogP contribution in [-0.2, 0) is 6.54 Å². The van der Waals surface area contributed by atoms with Gasteiger partial charge in [-0.05, 0) is 45.1 Å². The molecule has 0 radical (unpaired) electrons. The highest BCUT2D eigenvalue weighted by Crippen LogP contribution is 2.22. The maximum Gasteiger partial charge on any atom is 0.255 e. The lowest BCUT2D eigenvalue weighted by atomic mass is 10.2. The summed E-state index contributed by atoms with van der Waals surface area (Å²) in [6.45, 7) is 0.576. The largest absolute Gasteiger partial charge is 0.337 e. The minimum Gasteiger partial charge on any atom is -0.337 e. The highest BCUT2D eigenvalue weighted by molar-refractivity contribution is 9.11. The molecule has 94 valence electrons. The van der Waals surface area contributed by atoms with E-state index in [1.165, 1.54) is 0 Å². The average molecular weight is 345 g/mol. The second kappa shape index (κ2) is 5.87. The smallest absolute Gasteiger partial charge is 0.255 e. The van der Waals surface area contributed by atoms with Crippen LogP contribution in [0.4, 0.5) is 0 Å². The summed E-state index contributed by atoms with van der Waals surface area (Å²) < 4.78 is 1.07. The Labute approximate surface area is 123 Å². The lowest BCUT2D eigenvalue weighted by Gasteiger charge is -2.17. The van der Waals surface area contributed by atoms with Gasteiger partial charge in [0.1, 0.15) is 0 Å². The van der Waals surface area contributed by atoms with Crippen LogP contribution in [0.15, 0.2) is 39.5 Å². The minimum atomic E-state index is -0.0667. The van der Waals surface area contributed by atoms with Crippen LogP contribution in [0.3, 0.4) is 0 Å². The average Bonchev–Trinajstić information content (AvgIpc) is 2.74. The van der Waals surface area contributed by atoms with Crippen molar-refractivity contribution < 1.29 is 4.79 Å². The second-order valence-corrected chi connectivity index (χ2v) is 6.60. The molecule has 1 heterocycles. The van der Waals surface area contributed by atoms with E-state index in [4.69, 9.17) is 11.6 Å². The van der Waals surface area contributed by atoms with E-state index in [-0.39, 0.29) is 5.91 Å². The summed E-state index contributed by atoms with van der Waals surface area (Å²) in [6.07, 6.45) is 0. The summed E-state index contributed by atoms with van der Waals surface area (Å²) in [5, 5.41) is 2.52. The summed E-state index contributed by atoms with van der Waals surface area (Å²) in [4.78, 5) is 13.9. The Morgan fingerprint density at radius 2 is 2.17 bits per heavy atom. The highest BCUT2D eigenvalue weighted by atomic mass is 79.9. The number of carbonyl (C=O) groups excluding carboxylic acids is 1. The first-order valence-electron chi connectivity index (χ1n) is 5.31. The standard InChI is InChI=1S/C13H11BrClNOS/c1-16(7-9-6-12(14)18-8-9)13(17)10-4-2-3-5-11(10)15/h2-6,8H,7H2,1H3. The summed E-state index contributed by atoms with van der Waals surface area (Å²) in [5.74, 6) is -0.0667. The molecule has 1 aromatic carbocycles. The van der Waals surface area contributed by atoms with Gasteiger partial charge in [0.25, 0.3) is 5.91 Å². The van der Waals surface area contributed by atoms with Gasteiger partial charge >= 0.3 is 0 Å². The Bertz CT molecular complexity index is 570. The van der Waals surface area contributed by atoms with Crippen molar-refractivity contribution in [3.63, 3.8) is 0 Å². The van der Waals surface area contributed by atoms with Crippen LogP contribution >= 0.6 is 38.9 Å². The quantitative estimate of drug-likeness (QED) is 0.806. The molecule has 5 heteroatoms. The molecule has 0 aliphatic rings. The predicted octanol–water partition coefficient (Wildman–Crippen LogP) is 4.44. The minimum absolute atomic E-state index is 0.0667. The Morgan fingerprint density at radius 3 is 2.78 bits per heavy atom. The van der Waals surface area contributed by atoms with E-state index in [1.54, 1.807) is 35.4 Å². The maximum atomic E-state index is 12.2. The number of hydrogen-bond acceptors (Lipinski definition) is 2. The summed E-state index contributed by atoms with van der Waals surface area (Å²) in [6, 6.07) is 9.11. The molecule has 0 atom stereocenters. The molecule has 1 amide bonds. The Morgan fingerprint density at radius 1 is 1.44 bits per heavy atom. The van der Waals surface area contributed by atoms with E-state index in [0.717, 1.165) is 9.35 Å². The fourth-order valence-corrected chi connectivity index (χ4v) is 3.03. The molecule has 0 aliphatic carbocycles. The van der Waals surface area contributed by atoms with Crippen molar-refractivity contribution in [2.24, 2.45) is 0 Å². The molecule has 0 saturated carbocycles. The number of hydrogen-bond donors (Lipinski definition) is 0. The van der Waals surface area contributed by atoms with Gasteiger partial charge in [-0.1, -0.05) is 23.7 Å². The summed E-state index contributed by atoms with van der Waals surface area (Å²) in [7, 11) is 1.78. The Balaban J connectivity index is 2.12. The van der Waals surface area contributed by atoms with E-state index >= 15 is 0 Å². The van der Waals surface area contributed by atoms with Crippen molar-refractivity contribution >= 4 is 44.8 Å². The maximum absolute atomic E-state index is 12.2. The molecule has 18 heavy (non-hydrogen) atoms. The van der Waals surface area contributed by atoms with Crippen molar-refractivity contribution in [1.82, 2.24) is 4.90 Å². The van der Waals surface area contributed by atoms with Crippen LogP contribution in [0, 0.1) is 0 Å². The SMILES string of the molecule is CN(Cc1csc(Br)c1)C(=O)c1ccccc1Cl. The summed E-state index contributed by atoms with van der Waals surface area (Å²) >= 11 is 11.0. The van der Waals surface area contributed by atoms with Gasteiger partial charge in [-0.15, -0.1) is 11.3 Å². The first kappa shape index (κ1) is 13.6. The highest BCUT2D eigenvalue weighted by Gasteiger charge is 2.15. The molecule has 2 nitrogen and oxygen atoms in total. The fraction of sp³-hybridized carbons (Fsp3) is 0.154. The van der Waals surface area contributed by atoms with Crippen LogP contribution < -0.4 is 0 Å². The zero-order valence-electron chi connectivity index (χ0n) is 9.69. The normalized spacial score (nSPS) is 10.4. The van der Waals surface area contributed by atoms with Crippen molar-refractivity contribution in [1.29, 1.82) is 0 Å². The van der Waals surface area contributed by atoms with E-state index in [1.807, 2.05) is 23.6 Å². The molecule has 0 spiro atoms. The third-order valence-electron chi connectivity index (χ3n) is 2.49. The third-order valence-corrected chi connectivity index (χ3v) is 4.38. The molecule has 0 fully saturated rings. The van der Waals surface area contributed by atoms with Crippen molar-refractivity contribution in [3.8, 4) is 0 Å². The van der Waals surface area contributed by atoms with Crippen LogP contribution in [0.1, 0.15) is 15.9 Å². The van der Waals surface area contributed by atoms with Gasteiger partial charge in [-0.2, -0.15) is 0 Å². The third kappa shape index (κ3) is 3.13. The number of nitrogens with zero attached hydrogens (tertiary/aromatic N) is 1. The molecule has 0 bridgehead atoms. The predicted molar refractivity (Wildman–Crippen MR) is 79.3 cm³/mol. The van der Waals surface area contributed by atoms with Gasteiger partial charge in [-0.3, -0.25) is 4.79 Å². The van der Waals surface area contributed by atoms with Crippen molar-refractivity contribution in [2.75, 3.05) is 7.05 Å². The van der Waals surface area contributed by atoms with E-state index in [9.17, 15) is 4.79 Å². The number of rotatable bonds is 3. The van der Waals surface area contributed by atoms with Crippen LogP contribution in [0.25, 0.3) is 0 Å². The summed E-state index contributed by atoms with van der Waals surface area (Å²) in [5.41, 5.74) is 1.64. The van der Waals surface area contributed by atoms with E-state index in [0.29, 0.717) is 17.1 Å². The van der Waals surface area contributed by atoms with E-state index < -0.39 is 0 Å². The van der Waals surface area contributed by atoms with Gasteiger partial charge in [-0.25, -0.2) is 0 Å². The first-order valence-corrected chi connectivity index (χ1v) is 7.36. The number of halogens is 2. The Kier molecular flexibility index (Phi) is 4.43. The lowest BCUT2D eigenvalue weighted by Crippen LogP contribution is -2.26. The van der Waals surface area contributed by atoms with E-state index in [2.05, 4.69) is 15.9 Å². The number of carbonyl (C=O) groups is 1. The van der Waals surface area contributed by atoms with Crippen LogP contribution in [0.2, 0.25) is 5.02 Å². The zero-order valence-corrected chi connectivity index (χ0v) is 12.8. The Hall–Kier alpha value is -0.840. The molecule has 0 aliphatic heterocycles. The topological polar surface area (TPSA) is 20.3 Å².